The third-order valence-electron chi connectivity index (χ3n) is 1.52. The fourth-order valence-electron chi connectivity index (χ4n) is 0.663. The highest BCUT2D eigenvalue weighted by molar-refractivity contribution is 5.22. The summed E-state index contributed by atoms with van der Waals surface area (Å²) < 4.78 is 5.06. The Morgan fingerprint density at radius 3 is 2.78 bits per heavy atom. The Hall–Kier alpha value is -0.920. The van der Waals surface area contributed by atoms with E-state index < -0.39 is 0 Å². The summed E-state index contributed by atoms with van der Waals surface area (Å²) in [7, 11) is 0. The summed E-state index contributed by atoms with van der Waals surface area (Å²) in [5.74, 6) is 0.328. The maximum atomic E-state index is 9.06. The fraction of sp³-hybridized carbons (Fsp3) is 0.429. The Morgan fingerprint density at radius 2 is 2.33 bits per heavy atom. The van der Waals surface area contributed by atoms with Crippen LogP contribution in [0.3, 0.4) is 0 Å². The highest BCUT2D eigenvalue weighted by Crippen LogP contribution is 2.15. The summed E-state index contributed by atoms with van der Waals surface area (Å²) in [6, 6.07) is 0. The average molecular weight is 126 g/mol. The number of aliphatic hydroxyl groups is 1. The topological polar surface area (TPSA) is 29.5 Å². The minimum Gasteiger partial charge on any atom is -0.508 e. The Labute approximate surface area is 54.5 Å². The highest BCUT2D eigenvalue weighted by atomic mass is 16.5. The average Bonchev–Trinajstić information content (AvgIpc) is 1.83. The van der Waals surface area contributed by atoms with Crippen molar-refractivity contribution >= 4 is 0 Å². The second-order valence-corrected chi connectivity index (χ2v) is 2.15. The van der Waals surface area contributed by atoms with Gasteiger partial charge in [0, 0.05) is 11.6 Å². The fourth-order valence-corrected chi connectivity index (χ4v) is 0.663. The first-order valence-corrected chi connectivity index (χ1v) is 2.93. The molecule has 0 spiro atoms. The molecule has 2 nitrogen and oxygen atoms in total. The molecular weight excluding hydrogens is 116 g/mol. The zero-order chi connectivity index (χ0) is 6.85. The number of rotatable bonds is 0. The maximum absolute atomic E-state index is 9.06. The first-order valence-electron chi connectivity index (χ1n) is 2.93. The quantitative estimate of drug-likeness (QED) is 0.535. The Morgan fingerprint density at radius 1 is 1.67 bits per heavy atom. The molecule has 0 aromatic carbocycles. The van der Waals surface area contributed by atoms with Crippen molar-refractivity contribution in [1.29, 1.82) is 0 Å². The van der Waals surface area contributed by atoms with Gasteiger partial charge in [-0.25, -0.2) is 0 Å². The lowest BCUT2D eigenvalue weighted by Crippen LogP contribution is -2.10. The van der Waals surface area contributed by atoms with Crippen LogP contribution in [-0.2, 0) is 4.74 Å². The van der Waals surface area contributed by atoms with Crippen LogP contribution >= 0.6 is 0 Å². The molecule has 9 heavy (non-hydrogen) atoms. The lowest BCUT2D eigenvalue weighted by molar-refractivity contribution is 0.178. The van der Waals surface area contributed by atoms with Gasteiger partial charge in [-0.2, -0.15) is 0 Å². The van der Waals surface area contributed by atoms with Crippen molar-refractivity contribution in [1.82, 2.24) is 0 Å². The van der Waals surface area contributed by atoms with E-state index in [2.05, 4.69) is 0 Å². The molecule has 1 atom stereocenters. The van der Waals surface area contributed by atoms with Crippen LogP contribution in [0.1, 0.15) is 13.8 Å². The van der Waals surface area contributed by atoms with Crippen molar-refractivity contribution in [3.8, 4) is 0 Å². The largest absolute Gasteiger partial charge is 0.508 e. The predicted octanol–water partition coefficient (Wildman–Crippen LogP) is 1.75. The zero-order valence-electron chi connectivity index (χ0n) is 5.59. The standard InChI is InChI=1S/C7H10O2/c1-5-6(2)9-4-3-7(5)8/h3-4,6,8H,1-2H3. The molecular formula is C7H10O2. The first-order chi connectivity index (χ1) is 4.22. The van der Waals surface area contributed by atoms with E-state index >= 15 is 0 Å². The number of hydrogen-bond acceptors (Lipinski definition) is 2. The molecule has 1 aliphatic heterocycles. The Balaban J connectivity index is 2.83. The molecule has 50 valence electrons. The first kappa shape index (κ1) is 6.20. The molecule has 0 aromatic rings. The van der Waals surface area contributed by atoms with Gasteiger partial charge >= 0.3 is 0 Å². The van der Waals surface area contributed by atoms with Gasteiger partial charge in [0.05, 0.1) is 6.26 Å². The molecule has 0 saturated heterocycles. The van der Waals surface area contributed by atoms with Crippen molar-refractivity contribution in [2.24, 2.45) is 0 Å². The van der Waals surface area contributed by atoms with Gasteiger partial charge in [-0.05, 0) is 13.8 Å². The summed E-state index contributed by atoms with van der Waals surface area (Å²) in [5.41, 5.74) is 0.887. The Bertz CT molecular complexity index is 168. The van der Waals surface area contributed by atoms with Gasteiger partial charge in [0.15, 0.2) is 0 Å². The third kappa shape index (κ3) is 1.07. The lowest BCUT2D eigenvalue weighted by Gasteiger charge is -2.16. The molecule has 0 amide bonds. The van der Waals surface area contributed by atoms with E-state index in [4.69, 9.17) is 9.84 Å². The predicted molar refractivity (Wildman–Crippen MR) is 35.0 cm³/mol. The van der Waals surface area contributed by atoms with E-state index in [1.54, 1.807) is 6.08 Å². The van der Waals surface area contributed by atoms with E-state index in [9.17, 15) is 0 Å². The Kier molecular flexibility index (Phi) is 1.47. The van der Waals surface area contributed by atoms with Crippen LogP contribution in [0, 0.1) is 0 Å². The molecule has 0 aliphatic carbocycles. The number of aliphatic hydroxyl groups excluding tert-OH is 1. The van der Waals surface area contributed by atoms with Crippen LogP contribution in [0.5, 0.6) is 0 Å². The second-order valence-electron chi connectivity index (χ2n) is 2.15. The smallest absolute Gasteiger partial charge is 0.121 e. The zero-order valence-corrected chi connectivity index (χ0v) is 5.59. The monoisotopic (exact) mass is 126 g/mol. The van der Waals surface area contributed by atoms with Gasteiger partial charge < -0.3 is 9.84 Å². The minimum atomic E-state index is 0.0231. The molecule has 1 aliphatic rings. The van der Waals surface area contributed by atoms with Gasteiger partial charge in [0.25, 0.3) is 0 Å². The van der Waals surface area contributed by atoms with Gasteiger partial charge in [0.1, 0.15) is 11.9 Å². The summed E-state index contributed by atoms with van der Waals surface area (Å²) in [5, 5.41) is 9.06. The molecule has 0 aromatic heterocycles. The summed E-state index contributed by atoms with van der Waals surface area (Å²) in [6.07, 6.45) is 3.08. The van der Waals surface area contributed by atoms with Crippen molar-refractivity contribution in [2.45, 2.75) is 20.0 Å². The number of ether oxygens (including phenoxy) is 1. The van der Waals surface area contributed by atoms with E-state index in [1.165, 1.54) is 6.26 Å². The van der Waals surface area contributed by atoms with Gasteiger partial charge in [-0.3, -0.25) is 0 Å². The van der Waals surface area contributed by atoms with Gasteiger partial charge in [-0.1, -0.05) is 0 Å². The van der Waals surface area contributed by atoms with E-state index in [-0.39, 0.29) is 6.10 Å². The van der Waals surface area contributed by atoms with Crippen LogP contribution in [0.4, 0.5) is 0 Å². The van der Waals surface area contributed by atoms with Crippen LogP contribution < -0.4 is 0 Å². The normalized spacial score (nSPS) is 26.2. The summed E-state index contributed by atoms with van der Waals surface area (Å²) in [4.78, 5) is 0. The molecule has 0 radical (unpaired) electrons. The maximum Gasteiger partial charge on any atom is 0.121 e. The van der Waals surface area contributed by atoms with Crippen molar-refractivity contribution in [3.05, 3.63) is 23.7 Å². The summed E-state index contributed by atoms with van der Waals surface area (Å²) in [6.45, 7) is 3.75. The molecule has 0 bridgehead atoms. The molecule has 0 saturated carbocycles. The SMILES string of the molecule is CC1=C(O)C=COC1C. The van der Waals surface area contributed by atoms with Crippen molar-refractivity contribution in [2.75, 3.05) is 0 Å². The molecule has 0 fully saturated rings. The summed E-state index contributed by atoms with van der Waals surface area (Å²) >= 11 is 0. The third-order valence-corrected chi connectivity index (χ3v) is 1.52. The van der Waals surface area contributed by atoms with Crippen molar-refractivity contribution in [3.63, 3.8) is 0 Å². The number of allylic oxidation sites excluding steroid dienone is 1. The minimum absolute atomic E-state index is 0.0231. The second kappa shape index (κ2) is 2.13. The van der Waals surface area contributed by atoms with Gasteiger partial charge in [-0.15, -0.1) is 0 Å². The molecule has 1 unspecified atom stereocenters. The van der Waals surface area contributed by atoms with Crippen LogP contribution in [-0.4, -0.2) is 11.2 Å². The number of hydrogen-bond donors (Lipinski definition) is 1. The van der Waals surface area contributed by atoms with Crippen LogP contribution in [0.15, 0.2) is 23.7 Å². The van der Waals surface area contributed by atoms with Crippen LogP contribution in [0.2, 0.25) is 0 Å². The van der Waals surface area contributed by atoms with Gasteiger partial charge in [0.2, 0.25) is 0 Å². The molecule has 1 N–H and O–H groups in total. The van der Waals surface area contributed by atoms with Crippen LogP contribution in [0.25, 0.3) is 0 Å². The molecule has 1 rings (SSSR count). The van der Waals surface area contributed by atoms with Crippen molar-refractivity contribution < 1.29 is 9.84 Å². The highest BCUT2D eigenvalue weighted by Gasteiger charge is 2.10. The van der Waals surface area contributed by atoms with E-state index in [1.807, 2.05) is 13.8 Å². The molecule has 1 heterocycles. The molecule has 2 heteroatoms. The lowest BCUT2D eigenvalue weighted by atomic mass is 10.1. The van der Waals surface area contributed by atoms with E-state index in [0.29, 0.717) is 5.76 Å². The van der Waals surface area contributed by atoms with E-state index in [0.717, 1.165) is 5.57 Å².